The molecule has 36 heavy (non-hydrogen) atoms. The summed E-state index contributed by atoms with van der Waals surface area (Å²) < 4.78 is 12.5. The molecule has 5 rings (SSSR count). The van der Waals surface area contributed by atoms with Crippen LogP contribution in [0.15, 0.2) is 49.5 Å². The fraction of sp³-hybridized carbons (Fsp3) is 0.370. The van der Waals surface area contributed by atoms with E-state index in [0.717, 1.165) is 36.0 Å². The molecular formula is C27H32N6O3. The minimum Gasteiger partial charge on any atom is -0.490 e. The SMILES string of the molecule is C=C/C=C(\C=C/C)c1nn(C)cc1-c1ncnc2cc(OCC)c(NC=O)nc12.CC12COCC1C2. The monoisotopic (exact) mass is 488 g/mol. The Morgan fingerprint density at radius 2 is 2.25 bits per heavy atom. The summed E-state index contributed by atoms with van der Waals surface area (Å²) >= 11 is 0. The van der Waals surface area contributed by atoms with Gasteiger partial charge >= 0.3 is 0 Å². The maximum atomic E-state index is 11.0. The van der Waals surface area contributed by atoms with E-state index >= 15 is 0 Å². The topological polar surface area (TPSA) is 104 Å². The fourth-order valence-corrected chi connectivity index (χ4v) is 4.36. The number of carbonyl (C=O) groups excluding carboxylic acids is 1. The van der Waals surface area contributed by atoms with Gasteiger partial charge in [0, 0.05) is 30.4 Å². The molecule has 1 aliphatic carbocycles. The van der Waals surface area contributed by atoms with Crippen LogP contribution in [-0.2, 0) is 16.6 Å². The Morgan fingerprint density at radius 1 is 1.42 bits per heavy atom. The summed E-state index contributed by atoms with van der Waals surface area (Å²) in [6.07, 6.45) is 12.8. The molecule has 2 aliphatic rings. The van der Waals surface area contributed by atoms with Gasteiger partial charge < -0.3 is 14.8 Å². The van der Waals surface area contributed by atoms with E-state index in [1.165, 1.54) is 12.7 Å². The van der Waals surface area contributed by atoms with Crippen molar-refractivity contribution in [2.45, 2.75) is 27.2 Å². The Morgan fingerprint density at radius 3 is 2.83 bits per heavy atom. The van der Waals surface area contributed by atoms with Gasteiger partial charge in [0.15, 0.2) is 11.6 Å². The first-order valence-corrected chi connectivity index (χ1v) is 12.0. The highest BCUT2D eigenvalue weighted by molar-refractivity contribution is 5.95. The quantitative estimate of drug-likeness (QED) is 0.366. The molecule has 0 aromatic carbocycles. The van der Waals surface area contributed by atoms with Gasteiger partial charge in [-0.25, -0.2) is 15.0 Å². The van der Waals surface area contributed by atoms with Crippen molar-refractivity contribution in [3.63, 3.8) is 0 Å². The minimum absolute atomic E-state index is 0.311. The molecule has 1 saturated carbocycles. The highest BCUT2D eigenvalue weighted by Gasteiger charge is 2.54. The lowest BCUT2D eigenvalue weighted by Crippen LogP contribution is -2.04. The molecule has 2 unspecified atom stereocenters. The number of carbonyl (C=O) groups is 1. The molecule has 2 atom stereocenters. The number of amides is 1. The molecule has 0 spiro atoms. The molecule has 9 nitrogen and oxygen atoms in total. The lowest BCUT2D eigenvalue weighted by Gasteiger charge is -2.11. The number of hydrogen-bond acceptors (Lipinski definition) is 7. The molecule has 1 saturated heterocycles. The van der Waals surface area contributed by atoms with Crippen LogP contribution in [0.5, 0.6) is 5.75 Å². The van der Waals surface area contributed by atoms with Crippen molar-refractivity contribution >= 4 is 28.8 Å². The first-order chi connectivity index (χ1) is 17.4. The molecule has 3 aromatic heterocycles. The normalized spacial score (nSPS) is 20.6. The molecule has 9 heteroatoms. The minimum atomic E-state index is 0.311. The largest absolute Gasteiger partial charge is 0.490 e. The first kappa shape index (κ1) is 25.2. The number of nitrogens with one attached hydrogen (secondary N) is 1. The zero-order valence-corrected chi connectivity index (χ0v) is 21.2. The summed E-state index contributed by atoms with van der Waals surface area (Å²) in [6, 6.07) is 1.74. The van der Waals surface area contributed by atoms with Crippen molar-refractivity contribution in [2.24, 2.45) is 18.4 Å². The number of aryl methyl sites for hydroxylation is 1. The van der Waals surface area contributed by atoms with E-state index in [1.54, 1.807) is 16.8 Å². The molecule has 188 valence electrons. The zero-order chi connectivity index (χ0) is 25.7. The maximum absolute atomic E-state index is 11.0. The van der Waals surface area contributed by atoms with Gasteiger partial charge in [-0.1, -0.05) is 37.8 Å². The number of fused-ring (bicyclic) bond motifs is 2. The third-order valence-electron chi connectivity index (χ3n) is 6.36. The Bertz CT molecular complexity index is 1330. The third-order valence-corrected chi connectivity index (χ3v) is 6.36. The van der Waals surface area contributed by atoms with Crippen LogP contribution in [0.1, 0.15) is 32.9 Å². The second-order valence-corrected chi connectivity index (χ2v) is 9.11. The predicted molar refractivity (Wildman–Crippen MR) is 140 cm³/mol. The molecular weight excluding hydrogens is 456 g/mol. The van der Waals surface area contributed by atoms with Crippen molar-refractivity contribution in [3.8, 4) is 17.0 Å². The average Bonchev–Trinajstić information content (AvgIpc) is 3.15. The Labute approximate surface area is 211 Å². The summed E-state index contributed by atoms with van der Waals surface area (Å²) in [5, 5.41) is 7.19. The van der Waals surface area contributed by atoms with Gasteiger partial charge in [0.2, 0.25) is 6.41 Å². The molecule has 0 radical (unpaired) electrons. The van der Waals surface area contributed by atoms with Crippen molar-refractivity contribution in [2.75, 3.05) is 25.1 Å². The Hall–Kier alpha value is -3.85. The van der Waals surface area contributed by atoms with Crippen LogP contribution in [0.25, 0.3) is 27.9 Å². The molecule has 2 fully saturated rings. The lowest BCUT2D eigenvalue weighted by atomic mass is 10.0. The highest BCUT2D eigenvalue weighted by Crippen LogP contribution is 2.56. The number of nitrogens with zero attached hydrogens (tertiary/aromatic N) is 5. The van der Waals surface area contributed by atoms with Crippen LogP contribution in [0, 0.1) is 11.3 Å². The molecule has 1 amide bonds. The van der Waals surface area contributed by atoms with Crippen LogP contribution in [-0.4, -0.2) is 51.0 Å². The number of ether oxygens (including phenoxy) is 2. The van der Waals surface area contributed by atoms with Gasteiger partial charge in [0.05, 0.1) is 25.3 Å². The van der Waals surface area contributed by atoms with Crippen molar-refractivity contribution < 1.29 is 14.3 Å². The maximum Gasteiger partial charge on any atom is 0.212 e. The molecule has 3 aromatic rings. The Kier molecular flexibility index (Phi) is 7.59. The van der Waals surface area contributed by atoms with Gasteiger partial charge in [0.1, 0.15) is 23.2 Å². The van der Waals surface area contributed by atoms with Crippen LogP contribution < -0.4 is 10.1 Å². The summed E-state index contributed by atoms with van der Waals surface area (Å²) in [7, 11) is 1.84. The van der Waals surface area contributed by atoms with Crippen LogP contribution in [0.4, 0.5) is 5.82 Å². The molecule has 1 N–H and O–H groups in total. The molecule has 0 bridgehead atoms. The summed E-state index contributed by atoms with van der Waals surface area (Å²) in [4.78, 5) is 24.4. The van der Waals surface area contributed by atoms with E-state index in [-0.39, 0.29) is 0 Å². The van der Waals surface area contributed by atoms with Crippen molar-refractivity contribution in [1.29, 1.82) is 0 Å². The number of hydrogen-bond donors (Lipinski definition) is 1. The lowest BCUT2D eigenvalue weighted by molar-refractivity contribution is -0.105. The second kappa shape index (κ2) is 10.8. The summed E-state index contributed by atoms with van der Waals surface area (Å²) in [6.45, 7) is 12.4. The standard InChI is InChI=1S/C21H22N6O2.C6H10O/c1-5-8-14(9-6-2)18-15(11-27(4)26-18)19-20-16(22-12-23-19)10-17(29-7-3)21(25-20)24-13-28;1-6-2-5(6)3-7-4-6/h5-6,8-13H,1,7H2,2-4H3,(H,24,25,28);5H,2-4H2,1H3/b9-6-,14-8+;. The van der Waals surface area contributed by atoms with E-state index in [2.05, 4.69) is 38.9 Å². The van der Waals surface area contributed by atoms with Crippen molar-refractivity contribution in [3.05, 3.63) is 55.2 Å². The van der Waals surface area contributed by atoms with Gasteiger partial charge in [-0.15, -0.1) is 0 Å². The van der Waals surface area contributed by atoms with Gasteiger partial charge in [-0.05, 0) is 31.6 Å². The summed E-state index contributed by atoms with van der Waals surface area (Å²) in [5.74, 6) is 1.70. The smallest absolute Gasteiger partial charge is 0.212 e. The van der Waals surface area contributed by atoms with E-state index in [0.29, 0.717) is 46.7 Å². The van der Waals surface area contributed by atoms with Crippen LogP contribution in [0.2, 0.25) is 0 Å². The van der Waals surface area contributed by atoms with Gasteiger partial charge in [-0.3, -0.25) is 9.48 Å². The first-order valence-electron chi connectivity index (χ1n) is 12.0. The van der Waals surface area contributed by atoms with E-state index < -0.39 is 0 Å². The van der Waals surface area contributed by atoms with Crippen molar-refractivity contribution in [1.82, 2.24) is 24.7 Å². The Balaban J connectivity index is 0.000000367. The molecule has 1 aliphatic heterocycles. The van der Waals surface area contributed by atoms with E-state index in [1.807, 2.05) is 45.3 Å². The van der Waals surface area contributed by atoms with Crippen LogP contribution >= 0.6 is 0 Å². The van der Waals surface area contributed by atoms with Gasteiger partial charge in [-0.2, -0.15) is 5.10 Å². The number of pyridine rings is 1. The zero-order valence-electron chi connectivity index (χ0n) is 21.2. The van der Waals surface area contributed by atoms with E-state index in [4.69, 9.17) is 9.47 Å². The fourth-order valence-electron chi connectivity index (χ4n) is 4.36. The highest BCUT2D eigenvalue weighted by atomic mass is 16.5. The predicted octanol–water partition coefficient (Wildman–Crippen LogP) is 4.58. The number of anilines is 1. The second-order valence-electron chi connectivity index (χ2n) is 9.11. The van der Waals surface area contributed by atoms with Crippen LogP contribution in [0.3, 0.4) is 0 Å². The van der Waals surface area contributed by atoms with E-state index in [9.17, 15) is 4.79 Å². The average molecular weight is 489 g/mol. The number of allylic oxidation sites excluding steroid dienone is 5. The van der Waals surface area contributed by atoms with Gasteiger partial charge in [0.25, 0.3) is 0 Å². The number of rotatable bonds is 8. The number of aromatic nitrogens is 5. The summed E-state index contributed by atoms with van der Waals surface area (Å²) in [5.41, 5.74) is 4.81. The third kappa shape index (κ3) is 5.21. The molecule has 4 heterocycles.